The summed E-state index contributed by atoms with van der Waals surface area (Å²) in [5.41, 5.74) is 1.77. The predicted molar refractivity (Wildman–Crippen MR) is 82.4 cm³/mol. The highest BCUT2D eigenvalue weighted by molar-refractivity contribution is 7.12. The van der Waals surface area contributed by atoms with Crippen molar-refractivity contribution in [3.63, 3.8) is 0 Å². The van der Waals surface area contributed by atoms with Crippen LogP contribution >= 0.6 is 11.3 Å². The Morgan fingerprint density at radius 1 is 1.43 bits per heavy atom. The van der Waals surface area contributed by atoms with Gasteiger partial charge in [-0.2, -0.15) is 0 Å². The van der Waals surface area contributed by atoms with E-state index in [0.29, 0.717) is 17.2 Å². The van der Waals surface area contributed by atoms with Crippen LogP contribution in [0.4, 0.5) is 0 Å². The summed E-state index contributed by atoms with van der Waals surface area (Å²) < 4.78 is 5.06. The van der Waals surface area contributed by atoms with Gasteiger partial charge >= 0.3 is 0 Å². The summed E-state index contributed by atoms with van der Waals surface area (Å²) in [7, 11) is 1.57. The molecule has 0 aliphatic heterocycles. The molecule has 1 aromatic carbocycles. The van der Waals surface area contributed by atoms with Crippen LogP contribution < -0.4 is 10.1 Å². The van der Waals surface area contributed by atoms with Gasteiger partial charge in [0.2, 0.25) is 0 Å². The Kier molecular flexibility index (Phi) is 5.38. The van der Waals surface area contributed by atoms with Crippen molar-refractivity contribution >= 4 is 17.2 Å². The van der Waals surface area contributed by atoms with E-state index in [1.54, 1.807) is 18.6 Å². The first-order valence-electron chi connectivity index (χ1n) is 6.32. The maximum absolute atomic E-state index is 12.0. The van der Waals surface area contributed by atoms with Gasteiger partial charge in [-0.1, -0.05) is 24.0 Å². The summed E-state index contributed by atoms with van der Waals surface area (Å²) >= 11 is 1.34. The Balaban J connectivity index is 1.97. The zero-order valence-electron chi connectivity index (χ0n) is 11.6. The number of aliphatic hydroxyl groups is 1. The van der Waals surface area contributed by atoms with Gasteiger partial charge in [0.15, 0.2) is 0 Å². The molecule has 21 heavy (non-hydrogen) atoms. The molecule has 5 heteroatoms. The molecule has 0 saturated heterocycles. The zero-order valence-corrected chi connectivity index (χ0v) is 12.4. The van der Waals surface area contributed by atoms with Crippen molar-refractivity contribution in [2.75, 3.05) is 13.7 Å². The summed E-state index contributed by atoms with van der Waals surface area (Å²) in [6.45, 7) is 0.259. The Labute approximate surface area is 127 Å². The van der Waals surface area contributed by atoms with Crippen LogP contribution in [0.3, 0.4) is 0 Å². The van der Waals surface area contributed by atoms with Gasteiger partial charge in [0.25, 0.3) is 5.91 Å². The number of amides is 1. The fraction of sp³-hybridized carbons (Fsp3) is 0.188. The van der Waals surface area contributed by atoms with Crippen molar-refractivity contribution in [3.05, 3.63) is 51.7 Å². The van der Waals surface area contributed by atoms with Crippen molar-refractivity contribution < 1.29 is 14.6 Å². The third kappa shape index (κ3) is 4.35. The molecule has 108 valence electrons. The molecule has 0 spiro atoms. The number of hydrogen-bond donors (Lipinski definition) is 2. The molecule has 0 radical (unpaired) electrons. The van der Waals surface area contributed by atoms with Crippen molar-refractivity contribution in [3.8, 4) is 17.6 Å². The second-order valence-electron chi connectivity index (χ2n) is 4.19. The lowest BCUT2D eigenvalue weighted by atomic mass is 10.1. The lowest BCUT2D eigenvalue weighted by molar-refractivity contribution is 0.0954. The number of hydrogen-bond acceptors (Lipinski definition) is 4. The largest absolute Gasteiger partial charge is 0.496 e. The quantitative estimate of drug-likeness (QED) is 0.850. The van der Waals surface area contributed by atoms with Crippen molar-refractivity contribution in [1.29, 1.82) is 0 Å². The minimum Gasteiger partial charge on any atom is -0.496 e. The summed E-state index contributed by atoms with van der Waals surface area (Å²) in [5, 5.41) is 13.3. The molecule has 1 amide bonds. The first-order chi connectivity index (χ1) is 10.2. The van der Waals surface area contributed by atoms with Gasteiger partial charge < -0.3 is 15.2 Å². The number of thiophene rings is 1. The molecular formula is C16H15NO3S. The molecule has 2 N–H and O–H groups in total. The van der Waals surface area contributed by atoms with Gasteiger partial charge in [0.05, 0.1) is 12.0 Å². The second-order valence-corrected chi connectivity index (χ2v) is 5.10. The van der Waals surface area contributed by atoms with E-state index in [1.165, 1.54) is 11.3 Å². The second kappa shape index (κ2) is 7.48. The fourth-order valence-electron chi connectivity index (χ4n) is 1.72. The Morgan fingerprint density at radius 2 is 2.29 bits per heavy atom. The summed E-state index contributed by atoms with van der Waals surface area (Å²) in [6, 6.07) is 9.25. The van der Waals surface area contributed by atoms with E-state index in [9.17, 15) is 4.79 Å². The van der Waals surface area contributed by atoms with E-state index in [1.807, 2.05) is 24.3 Å². The van der Waals surface area contributed by atoms with Crippen LogP contribution in [0.25, 0.3) is 0 Å². The molecule has 0 saturated carbocycles. The molecule has 4 nitrogen and oxygen atoms in total. The predicted octanol–water partition coefficient (Wildman–Crippen LogP) is 2.03. The molecule has 0 atom stereocenters. The van der Waals surface area contributed by atoms with Crippen molar-refractivity contribution in [2.45, 2.75) is 6.54 Å². The summed E-state index contributed by atoms with van der Waals surface area (Å²) in [4.78, 5) is 12.6. The molecular weight excluding hydrogens is 286 g/mol. The number of methoxy groups -OCH3 is 1. The molecule has 0 unspecified atom stereocenters. The molecule has 0 bridgehead atoms. The van der Waals surface area contributed by atoms with Gasteiger partial charge in [-0.15, -0.1) is 11.3 Å². The van der Waals surface area contributed by atoms with Crippen molar-refractivity contribution in [2.24, 2.45) is 0 Å². The maximum Gasteiger partial charge on any atom is 0.261 e. The molecule has 1 aromatic heterocycles. The fourth-order valence-corrected chi connectivity index (χ4v) is 2.49. The van der Waals surface area contributed by atoms with E-state index in [2.05, 4.69) is 17.2 Å². The molecule has 2 rings (SSSR count). The van der Waals surface area contributed by atoms with Gasteiger partial charge in [-0.05, 0) is 17.7 Å². The van der Waals surface area contributed by atoms with E-state index in [4.69, 9.17) is 9.84 Å². The molecule has 0 aliphatic carbocycles. The van der Waals surface area contributed by atoms with E-state index in [0.717, 1.165) is 11.1 Å². The summed E-state index contributed by atoms with van der Waals surface area (Å²) in [5.74, 6) is 5.99. The summed E-state index contributed by atoms with van der Waals surface area (Å²) in [6.07, 6.45) is 0. The van der Waals surface area contributed by atoms with Crippen LogP contribution in [-0.2, 0) is 6.54 Å². The monoisotopic (exact) mass is 301 g/mol. The minimum atomic E-state index is -0.166. The number of ether oxygens (including phenoxy) is 1. The van der Waals surface area contributed by atoms with Gasteiger partial charge in [-0.25, -0.2) is 0 Å². The van der Waals surface area contributed by atoms with Crippen LogP contribution in [0, 0.1) is 11.8 Å². The number of aliphatic hydroxyl groups excluding tert-OH is 1. The molecule has 1 heterocycles. The zero-order chi connectivity index (χ0) is 15.1. The molecule has 2 aromatic rings. The lowest BCUT2D eigenvalue weighted by Gasteiger charge is -2.04. The minimum absolute atomic E-state index is 0.129. The van der Waals surface area contributed by atoms with Gasteiger partial charge in [-0.3, -0.25) is 4.79 Å². The van der Waals surface area contributed by atoms with E-state index < -0.39 is 0 Å². The highest BCUT2D eigenvalue weighted by Crippen LogP contribution is 2.20. The van der Waals surface area contributed by atoms with Crippen LogP contribution in [0.2, 0.25) is 0 Å². The number of carbonyl (C=O) groups excluding carboxylic acids is 1. The SMILES string of the molecule is COc1csc(C(=O)NCc2cccc(C#CCO)c2)c1. The van der Waals surface area contributed by atoms with E-state index >= 15 is 0 Å². The normalized spacial score (nSPS) is 9.62. The Morgan fingerprint density at radius 3 is 3.00 bits per heavy atom. The van der Waals surface area contributed by atoms with Crippen LogP contribution in [0.15, 0.2) is 35.7 Å². The molecule has 0 aliphatic rings. The number of rotatable bonds is 4. The third-order valence-electron chi connectivity index (χ3n) is 2.73. The maximum atomic E-state index is 12.0. The highest BCUT2D eigenvalue weighted by atomic mass is 32.1. The highest BCUT2D eigenvalue weighted by Gasteiger charge is 2.09. The van der Waals surface area contributed by atoms with Crippen molar-refractivity contribution in [1.82, 2.24) is 5.32 Å². The topological polar surface area (TPSA) is 58.6 Å². The smallest absolute Gasteiger partial charge is 0.261 e. The Bertz CT molecular complexity index is 682. The average Bonchev–Trinajstić information content (AvgIpc) is 3.00. The third-order valence-corrected chi connectivity index (χ3v) is 3.63. The van der Waals surface area contributed by atoms with E-state index in [-0.39, 0.29) is 12.5 Å². The number of nitrogens with one attached hydrogen (secondary N) is 1. The van der Waals surface area contributed by atoms with Crippen LogP contribution in [0.5, 0.6) is 5.75 Å². The standard InChI is InChI=1S/C16H15NO3S/c1-20-14-9-15(21-11-14)16(19)17-10-13-5-2-4-12(8-13)6-3-7-18/h2,4-5,8-9,11,18H,7,10H2,1H3,(H,17,19). The van der Waals surface area contributed by atoms with Gasteiger partial charge in [0, 0.05) is 23.6 Å². The van der Waals surface area contributed by atoms with Crippen LogP contribution in [0.1, 0.15) is 20.8 Å². The Hall–Kier alpha value is -2.29. The molecule has 0 fully saturated rings. The number of carbonyl (C=O) groups is 1. The first kappa shape index (κ1) is 15.1. The van der Waals surface area contributed by atoms with Gasteiger partial charge in [0.1, 0.15) is 12.4 Å². The first-order valence-corrected chi connectivity index (χ1v) is 7.20. The van der Waals surface area contributed by atoms with Crippen LogP contribution in [-0.4, -0.2) is 24.7 Å². The average molecular weight is 301 g/mol. The lowest BCUT2D eigenvalue weighted by Crippen LogP contribution is -2.21. The number of benzene rings is 1.